The van der Waals surface area contributed by atoms with Gasteiger partial charge >= 0.3 is 5.97 Å². The lowest BCUT2D eigenvalue weighted by Gasteiger charge is -2.62. The SMILES string of the molecule is CCC(=O)O[C@@H]1[C@H](C)CC2C3C[C@H](F)C4=CC(=O)C=C[C@]4(C)[C@@]3(F)[C@@H](O)C[C@@]21C(=O)SCF. The van der Waals surface area contributed by atoms with Crippen LogP contribution in [0.2, 0.25) is 0 Å². The number of rotatable bonds is 4. The highest BCUT2D eigenvalue weighted by atomic mass is 32.2. The molecule has 4 rings (SSSR count). The lowest BCUT2D eigenvalue weighted by Crippen LogP contribution is -2.70. The maximum Gasteiger partial charge on any atom is 0.305 e. The van der Waals surface area contributed by atoms with E-state index in [0.717, 1.165) is 6.08 Å². The van der Waals surface area contributed by atoms with Gasteiger partial charge in [0.1, 0.15) is 18.3 Å². The van der Waals surface area contributed by atoms with E-state index in [9.17, 15) is 23.9 Å². The van der Waals surface area contributed by atoms with Crippen molar-refractivity contribution in [2.45, 2.75) is 70.5 Å². The first-order valence-corrected chi connectivity index (χ1v) is 12.3. The second-order valence-electron chi connectivity index (χ2n) is 10.0. The van der Waals surface area contributed by atoms with Crippen molar-refractivity contribution in [3.05, 3.63) is 23.8 Å². The first-order chi connectivity index (χ1) is 15.5. The molecule has 33 heavy (non-hydrogen) atoms. The summed E-state index contributed by atoms with van der Waals surface area (Å²) in [5.74, 6) is -3.20. The minimum Gasteiger partial charge on any atom is -0.461 e. The topological polar surface area (TPSA) is 80.7 Å². The molecule has 0 heterocycles. The first-order valence-electron chi connectivity index (χ1n) is 11.4. The molecule has 3 saturated carbocycles. The van der Waals surface area contributed by atoms with Crippen molar-refractivity contribution < 1.29 is 37.4 Å². The Kier molecular flexibility index (Phi) is 6.13. The third kappa shape index (κ3) is 3.21. The number of thioether (sulfide) groups is 1. The van der Waals surface area contributed by atoms with E-state index in [2.05, 4.69) is 0 Å². The number of aliphatic hydroxyl groups excluding tert-OH is 1. The van der Waals surface area contributed by atoms with Gasteiger partial charge < -0.3 is 9.84 Å². The molecule has 1 N–H and O–H groups in total. The van der Waals surface area contributed by atoms with Gasteiger partial charge in [0, 0.05) is 17.8 Å². The molecule has 0 saturated heterocycles. The third-order valence-corrected chi connectivity index (χ3v) is 9.29. The second kappa shape index (κ2) is 8.26. The van der Waals surface area contributed by atoms with Crippen LogP contribution in [0.4, 0.5) is 13.2 Å². The van der Waals surface area contributed by atoms with Gasteiger partial charge in [0.25, 0.3) is 0 Å². The smallest absolute Gasteiger partial charge is 0.305 e. The number of alkyl halides is 3. The molecular formula is C24H29F3O5S. The largest absolute Gasteiger partial charge is 0.461 e. The van der Waals surface area contributed by atoms with Crippen LogP contribution in [0.5, 0.6) is 0 Å². The van der Waals surface area contributed by atoms with Crippen LogP contribution in [-0.2, 0) is 19.1 Å². The van der Waals surface area contributed by atoms with Crippen LogP contribution in [-0.4, -0.2) is 52.0 Å². The quantitative estimate of drug-likeness (QED) is 0.604. The van der Waals surface area contributed by atoms with Crippen molar-refractivity contribution in [3.8, 4) is 0 Å². The summed E-state index contributed by atoms with van der Waals surface area (Å²) in [4.78, 5) is 37.5. The van der Waals surface area contributed by atoms with Gasteiger partial charge in [0.2, 0.25) is 5.12 Å². The molecule has 0 radical (unpaired) electrons. The standard InChI is InChI=1S/C24H29F3O5S/c1-4-19(30)32-20-12(2)7-14-15-9-17(26)16-8-13(28)5-6-22(16,3)24(15,27)18(29)10-23(14,20)21(31)33-11-25/h5-6,8,12,14-15,17-18,20,29H,4,7,9-11H2,1-3H3/t12-,14?,15?,17+,18+,20-,22+,23-,24+/m1/s1. The summed E-state index contributed by atoms with van der Waals surface area (Å²) in [5, 5.41) is 10.7. The molecular weight excluding hydrogens is 457 g/mol. The minimum absolute atomic E-state index is 0.00948. The molecule has 0 bridgehead atoms. The van der Waals surface area contributed by atoms with Gasteiger partial charge in [-0.1, -0.05) is 31.7 Å². The van der Waals surface area contributed by atoms with Gasteiger partial charge in [0.15, 0.2) is 11.5 Å². The average molecular weight is 487 g/mol. The van der Waals surface area contributed by atoms with E-state index in [1.165, 1.54) is 19.1 Å². The van der Waals surface area contributed by atoms with E-state index in [1.54, 1.807) is 13.8 Å². The van der Waals surface area contributed by atoms with E-state index >= 15 is 8.78 Å². The predicted octanol–water partition coefficient (Wildman–Crippen LogP) is 4.04. The van der Waals surface area contributed by atoms with Crippen LogP contribution in [0, 0.1) is 28.6 Å². The average Bonchev–Trinajstić information content (AvgIpc) is 3.04. The van der Waals surface area contributed by atoms with E-state index in [-0.39, 0.29) is 37.2 Å². The molecule has 3 fully saturated rings. The lowest BCUT2D eigenvalue weighted by atomic mass is 9.45. The molecule has 0 aromatic rings. The maximum absolute atomic E-state index is 17.2. The second-order valence-corrected chi connectivity index (χ2v) is 10.9. The highest BCUT2D eigenvalue weighted by Gasteiger charge is 2.76. The molecule has 0 aromatic carbocycles. The molecule has 9 heteroatoms. The number of carbonyl (C=O) groups excluding carboxylic acids is 3. The highest BCUT2D eigenvalue weighted by molar-refractivity contribution is 8.13. The molecule has 0 aliphatic heterocycles. The minimum atomic E-state index is -2.35. The zero-order valence-electron chi connectivity index (χ0n) is 18.9. The zero-order valence-corrected chi connectivity index (χ0v) is 19.7. The number of ether oxygens (including phenoxy) is 1. The highest BCUT2D eigenvalue weighted by Crippen LogP contribution is 2.70. The lowest BCUT2D eigenvalue weighted by molar-refractivity contribution is -0.211. The van der Waals surface area contributed by atoms with E-state index in [4.69, 9.17) is 4.74 Å². The number of fused-ring (bicyclic) bond motifs is 5. The van der Waals surface area contributed by atoms with Crippen LogP contribution in [0.1, 0.15) is 46.5 Å². The van der Waals surface area contributed by atoms with Gasteiger partial charge in [-0.3, -0.25) is 14.4 Å². The van der Waals surface area contributed by atoms with Crippen molar-refractivity contribution >= 4 is 28.6 Å². The molecule has 0 aromatic heterocycles. The molecule has 4 aliphatic carbocycles. The Balaban J connectivity index is 1.86. The Bertz CT molecular complexity index is 937. The predicted molar refractivity (Wildman–Crippen MR) is 116 cm³/mol. The summed E-state index contributed by atoms with van der Waals surface area (Å²) in [5.41, 5.74) is -5.46. The normalized spacial score (nSPS) is 46.2. The molecule has 4 aliphatic rings. The maximum atomic E-state index is 17.2. The van der Waals surface area contributed by atoms with Gasteiger partial charge in [-0.15, -0.1) is 0 Å². The summed E-state index contributed by atoms with van der Waals surface area (Å²) in [6.07, 6.45) is -1.07. The monoisotopic (exact) mass is 486 g/mol. The van der Waals surface area contributed by atoms with Crippen LogP contribution in [0.25, 0.3) is 0 Å². The van der Waals surface area contributed by atoms with E-state index in [1.807, 2.05) is 0 Å². The summed E-state index contributed by atoms with van der Waals surface area (Å²) < 4.78 is 51.5. The van der Waals surface area contributed by atoms with Crippen molar-refractivity contribution in [2.75, 3.05) is 6.01 Å². The third-order valence-electron chi connectivity index (χ3n) is 8.54. The van der Waals surface area contributed by atoms with Gasteiger partial charge in [-0.2, -0.15) is 0 Å². The number of carbonyl (C=O) groups is 3. The Morgan fingerprint density at radius 3 is 2.64 bits per heavy atom. The van der Waals surface area contributed by atoms with Gasteiger partial charge in [-0.25, -0.2) is 13.2 Å². The van der Waals surface area contributed by atoms with Crippen LogP contribution < -0.4 is 0 Å². The number of ketones is 1. The Morgan fingerprint density at radius 2 is 2.00 bits per heavy atom. The molecule has 182 valence electrons. The number of hydrogen-bond donors (Lipinski definition) is 1. The number of allylic oxidation sites excluding steroid dienone is 4. The fourth-order valence-electron chi connectivity index (χ4n) is 7.11. The van der Waals surface area contributed by atoms with Crippen LogP contribution in [0.3, 0.4) is 0 Å². The molecule has 5 nitrogen and oxygen atoms in total. The summed E-state index contributed by atoms with van der Waals surface area (Å²) in [6, 6.07) is -1.02. The zero-order chi connectivity index (χ0) is 24.3. The summed E-state index contributed by atoms with van der Waals surface area (Å²) >= 11 is 0.415. The summed E-state index contributed by atoms with van der Waals surface area (Å²) in [7, 11) is 0. The Labute approximate surface area is 195 Å². The van der Waals surface area contributed by atoms with Crippen molar-refractivity contribution in [2.24, 2.45) is 28.6 Å². The van der Waals surface area contributed by atoms with Gasteiger partial charge in [0.05, 0.1) is 11.5 Å². The van der Waals surface area contributed by atoms with E-state index in [0.29, 0.717) is 11.8 Å². The number of esters is 1. The van der Waals surface area contributed by atoms with Crippen molar-refractivity contribution in [1.29, 1.82) is 0 Å². The fourth-order valence-corrected chi connectivity index (χ4v) is 7.83. The Morgan fingerprint density at radius 1 is 1.30 bits per heavy atom. The van der Waals surface area contributed by atoms with Crippen LogP contribution in [0.15, 0.2) is 23.8 Å². The number of aliphatic hydroxyl groups is 1. The summed E-state index contributed by atoms with van der Waals surface area (Å²) in [6.45, 7) is 4.85. The van der Waals surface area contributed by atoms with Crippen LogP contribution >= 0.6 is 11.8 Å². The van der Waals surface area contributed by atoms with E-state index < -0.39 is 69.6 Å². The Hall–Kier alpha value is -1.61. The molecule has 0 spiro atoms. The number of halogens is 3. The molecule has 9 atom stereocenters. The van der Waals surface area contributed by atoms with Crippen molar-refractivity contribution in [3.63, 3.8) is 0 Å². The first kappa shape index (κ1) is 24.5. The molecule has 2 unspecified atom stereocenters. The molecule has 0 amide bonds. The van der Waals surface area contributed by atoms with Crippen molar-refractivity contribution in [1.82, 2.24) is 0 Å². The number of hydrogen-bond acceptors (Lipinski definition) is 6. The van der Waals surface area contributed by atoms with Gasteiger partial charge in [-0.05, 0) is 55.7 Å². The fraction of sp³-hybridized carbons (Fsp3) is 0.708.